The second kappa shape index (κ2) is 4.20. The summed E-state index contributed by atoms with van der Waals surface area (Å²) in [7, 11) is 0. The van der Waals surface area contributed by atoms with Crippen molar-refractivity contribution in [3.8, 4) is 11.5 Å². The molecule has 0 amide bonds. The first kappa shape index (κ1) is 11.2. The van der Waals surface area contributed by atoms with Gasteiger partial charge < -0.3 is 4.42 Å². The summed E-state index contributed by atoms with van der Waals surface area (Å²) in [4.78, 5) is 4.60. The van der Waals surface area contributed by atoms with E-state index >= 15 is 0 Å². The molecule has 3 aromatic carbocycles. The van der Waals surface area contributed by atoms with E-state index in [1.54, 1.807) is 0 Å². The zero-order valence-electron chi connectivity index (χ0n) is 11.1. The topological polar surface area (TPSA) is 26.0 Å². The van der Waals surface area contributed by atoms with Gasteiger partial charge in [0.1, 0.15) is 5.52 Å². The zero-order valence-corrected chi connectivity index (χ0v) is 11.1. The van der Waals surface area contributed by atoms with Gasteiger partial charge in [0.05, 0.1) is 0 Å². The molecule has 0 aliphatic heterocycles. The van der Waals surface area contributed by atoms with Crippen LogP contribution in [0.3, 0.4) is 0 Å². The Balaban J connectivity index is 2.04. The second-order valence-corrected chi connectivity index (χ2v) is 5.02. The summed E-state index contributed by atoms with van der Waals surface area (Å²) >= 11 is 0. The summed E-state index contributed by atoms with van der Waals surface area (Å²) in [5.74, 6) is 0.676. The van der Waals surface area contributed by atoms with Gasteiger partial charge in [0.15, 0.2) is 5.58 Å². The Morgan fingerprint density at radius 1 is 0.900 bits per heavy atom. The fraction of sp³-hybridized carbons (Fsp3) is 0.0556. The van der Waals surface area contributed by atoms with E-state index in [9.17, 15) is 0 Å². The molecule has 4 aromatic rings. The number of aromatic nitrogens is 1. The van der Waals surface area contributed by atoms with Crippen LogP contribution in [-0.2, 0) is 0 Å². The van der Waals surface area contributed by atoms with Crippen LogP contribution in [0.1, 0.15) is 5.56 Å². The normalized spacial score (nSPS) is 11.2. The van der Waals surface area contributed by atoms with Crippen LogP contribution >= 0.6 is 0 Å². The van der Waals surface area contributed by atoms with Crippen LogP contribution in [0.5, 0.6) is 0 Å². The molecule has 1 aromatic heterocycles. The van der Waals surface area contributed by atoms with Gasteiger partial charge in [-0.1, -0.05) is 42.0 Å². The first-order chi connectivity index (χ1) is 9.81. The van der Waals surface area contributed by atoms with Crippen LogP contribution in [0.15, 0.2) is 65.1 Å². The Hall–Kier alpha value is -2.61. The molecule has 2 nitrogen and oxygen atoms in total. The first-order valence-corrected chi connectivity index (χ1v) is 6.66. The van der Waals surface area contributed by atoms with Gasteiger partial charge in [0.2, 0.25) is 5.89 Å². The Morgan fingerprint density at radius 2 is 1.70 bits per heavy atom. The summed E-state index contributed by atoms with van der Waals surface area (Å²) in [6.45, 7) is 2.09. The fourth-order valence-electron chi connectivity index (χ4n) is 2.52. The highest BCUT2D eigenvalue weighted by molar-refractivity contribution is 6.03. The van der Waals surface area contributed by atoms with Crippen molar-refractivity contribution in [3.05, 3.63) is 66.2 Å². The number of nitrogens with zero attached hydrogens (tertiary/aromatic N) is 1. The molecule has 0 aliphatic carbocycles. The van der Waals surface area contributed by atoms with Crippen molar-refractivity contribution in [2.75, 3.05) is 0 Å². The smallest absolute Gasteiger partial charge is 0.227 e. The van der Waals surface area contributed by atoms with Crippen LogP contribution in [0, 0.1) is 6.92 Å². The molecule has 1 heterocycles. The summed E-state index contributed by atoms with van der Waals surface area (Å²) in [6, 6.07) is 20.5. The quantitative estimate of drug-likeness (QED) is 0.483. The van der Waals surface area contributed by atoms with E-state index in [0.29, 0.717) is 5.89 Å². The molecule has 96 valence electrons. The van der Waals surface area contributed by atoms with Gasteiger partial charge in [-0.2, -0.15) is 0 Å². The number of hydrogen-bond donors (Lipinski definition) is 0. The minimum Gasteiger partial charge on any atom is -0.435 e. The monoisotopic (exact) mass is 259 g/mol. The first-order valence-electron chi connectivity index (χ1n) is 6.66. The van der Waals surface area contributed by atoms with Crippen molar-refractivity contribution in [2.24, 2.45) is 0 Å². The van der Waals surface area contributed by atoms with Crippen LogP contribution in [0.4, 0.5) is 0 Å². The summed E-state index contributed by atoms with van der Waals surface area (Å²) in [6.07, 6.45) is 0. The molecular formula is C18H13NO. The number of oxazole rings is 1. The van der Waals surface area contributed by atoms with Gasteiger partial charge >= 0.3 is 0 Å². The van der Waals surface area contributed by atoms with Crippen molar-refractivity contribution < 1.29 is 4.42 Å². The molecule has 0 aliphatic rings. The van der Waals surface area contributed by atoms with Crippen molar-refractivity contribution >= 4 is 21.9 Å². The molecule has 0 saturated carbocycles. The summed E-state index contributed by atoms with van der Waals surface area (Å²) < 4.78 is 6.01. The average Bonchev–Trinajstić information content (AvgIpc) is 2.93. The molecule has 2 heteroatoms. The molecule has 0 bridgehead atoms. The van der Waals surface area contributed by atoms with E-state index in [-0.39, 0.29) is 0 Å². The van der Waals surface area contributed by atoms with Gasteiger partial charge in [0.25, 0.3) is 0 Å². The van der Waals surface area contributed by atoms with E-state index in [1.165, 1.54) is 10.9 Å². The van der Waals surface area contributed by atoms with E-state index in [0.717, 1.165) is 22.0 Å². The highest BCUT2D eigenvalue weighted by Gasteiger charge is 2.10. The minimum absolute atomic E-state index is 0.676. The van der Waals surface area contributed by atoms with Gasteiger partial charge in [-0.05, 0) is 36.6 Å². The van der Waals surface area contributed by atoms with Gasteiger partial charge in [-0.3, -0.25) is 0 Å². The third-order valence-corrected chi connectivity index (χ3v) is 3.55. The van der Waals surface area contributed by atoms with E-state index < -0.39 is 0 Å². The Kier molecular flexibility index (Phi) is 2.36. The van der Waals surface area contributed by atoms with E-state index in [4.69, 9.17) is 4.42 Å². The molecule has 0 saturated heterocycles. The Morgan fingerprint density at radius 3 is 2.55 bits per heavy atom. The number of aryl methyl sites for hydroxylation is 1. The largest absolute Gasteiger partial charge is 0.435 e. The Labute approximate surface area is 116 Å². The lowest BCUT2D eigenvalue weighted by atomic mass is 10.1. The van der Waals surface area contributed by atoms with Crippen molar-refractivity contribution in [1.29, 1.82) is 0 Å². The third kappa shape index (κ3) is 1.69. The molecule has 0 fully saturated rings. The Bertz CT molecular complexity index is 907. The molecule has 20 heavy (non-hydrogen) atoms. The van der Waals surface area contributed by atoms with Crippen molar-refractivity contribution in [1.82, 2.24) is 4.98 Å². The van der Waals surface area contributed by atoms with Crippen molar-refractivity contribution in [3.63, 3.8) is 0 Å². The van der Waals surface area contributed by atoms with E-state index in [1.807, 2.05) is 36.4 Å². The predicted molar refractivity (Wildman–Crippen MR) is 81.7 cm³/mol. The maximum Gasteiger partial charge on any atom is 0.227 e. The van der Waals surface area contributed by atoms with Crippen LogP contribution in [-0.4, -0.2) is 4.98 Å². The van der Waals surface area contributed by atoms with Gasteiger partial charge in [-0.25, -0.2) is 4.98 Å². The fourth-order valence-corrected chi connectivity index (χ4v) is 2.52. The maximum atomic E-state index is 6.01. The number of hydrogen-bond acceptors (Lipinski definition) is 2. The molecular weight excluding hydrogens is 246 g/mol. The molecule has 0 spiro atoms. The molecule has 0 unspecified atom stereocenters. The average molecular weight is 259 g/mol. The van der Waals surface area contributed by atoms with Gasteiger partial charge in [-0.15, -0.1) is 0 Å². The lowest BCUT2D eigenvalue weighted by Crippen LogP contribution is -1.76. The highest BCUT2D eigenvalue weighted by atomic mass is 16.3. The summed E-state index contributed by atoms with van der Waals surface area (Å²) in [5, 5.41) is 2.30. The van der Waals surface area contributed by atoms with Crippen LogP contribution in [0.2, 0.25) is 0 Å². The molecule has 4 rings (SSSR count). The molecule has 0 atom stereocenters. The predicted octanol–water partition coefficient (Wildman–Crippen LogP) is 4.96. The number of benzene rings is 3. The highest BCUT2D eigenvalue weighted by Crippen LogP contribution is 2.30. The SMILES string of the molecule is Cc1ccc2ccc3nc(-c4ccccc4)oc3c2c1. The second-order valence-electron chi connectivity index (χ2n) is 5.02. The third-order valence-electron chi connectivity index (χ3n) is 3.55. The standard InChI is InChI=1S/C18H13NO/c1-12-7-8-13-9-10-16-17(15(13)11-12)20-18(19-16)14-5-3-2-4-6-14/h2-11H,1H3. The zero-order chi connectivity index (χ0) is 13.5. The lowest BCUT2D eigenvalue weighted by Gasteiger charge is -1.99. The van der Waals surface area contributed by atoms with E-state index in [2.05, 4.69) is 36.2 Å². The lowest BCUT2D eigenvalue weighted by molar-refractivity contribution is 0.623. The number of rotatable bonds is 1. The van der Waals surface area contributed by atoms with Crippen molar-refractivity contribution in [2.45, 2.75) is 6.92 Å². The van der Waals surface area contributed by atoms with Crippen LogP contribution < -0.4 is 0 Å². The van der Waals surface area contributed by atoms with Gasteiger partial charge in [0, 0.05) is 10.9 Å². The molecule has 0 radical (unpaired) electrons. The molecule has 0 N–H and O–H groups in total. The number of fused-ring (bicyclic) bond motifs is 3. The minimum atomic E-state index is 0.676. The summed E-state index contributed by atoms with van der Waals surface area (Å²) in [5.41, 5.74) is 4.00. The maximum absolute atomic E-state index is 6.01. The van der Waals surface area contributed by atoms with Crippen LogP contribution in [0.25, 0.3) is 33.3 Å².